The van der Waals surface area contributed by atoms with E-state index in [-0.39, 0.29) is 5.91 Å². The van der Waals surface area contributed by atoms with Crippen LogP contribution in [0.3, 0.4) is 0 Å². The van der Waals surface area contributed by atoms with Crippen LogP contribution in [-0.4, -0.2) is 13.0 Å². The van der Waals surface area contributed by atoms with Gasteiger partial charge in [-0.3, -0.25) is 4.79 Å². The van der Waals surface area contributed by atoms with Gasteiger partial charge < -0.3 is 15.8 Å². The minimum absolute atomic E-state index is 0.361. The van der Waals surface area contributed by atoms with Crippen LogP contribution in [0.15, 0.2) is 42.5 Å². The number of hydrogen-bond acceptors (Lipinski definition) is 3. The van der Waals surface area contributed by atoms with Crippen LogP contribution in [0.4, 0.5) is 15.8 Å². The summed E-state index contributed by atoms with van der Waals surface area (Å²) >= 11 is 0. The molecule has 5 heteroatoms. The van der Waals surface area contributed by atoms with Gasteiger partial charge >= 0.3 is 0 Å². The van der Waals surface area contributed by atoms with Crippen molar-refractivity contribution < 1.29 is 13.9 Å². The van der Waals surface area contributed by atoms with Gasteiger partial charge in [0.25, 0.3) is 5.91 Å². The highest BCUT2D eigenvalue weighted by Gasteiger charge is 2.09. The molecular formula is C14H13FN2O2. The van der Waals surface area contributed by atoms with Gasteiger partial charge in [0.2, 0.25) is 0 Å². The van der Waals surface area contributed by atoms with Gasteiger partial charge in [0.05, 0.1) is 12.8 Å². The summed E-state index contributed by atoms with van der Waals surface area (Å²) in [6.07, 6.45) is 0. The molecule has 0 aliphatic heterocycles. The third kappa shape index (κ3) is 3.01. The van der Waals surface area contributed by atoms with E-state index >= 15 is 0 Å². The zero-order valence-electron chi connectivity index (χ0n) is 10.3. The van der Waals surface area contributed by atoms with E-state index in [0.29, 0.717) is 22.7 Å². The third-order valence-electron chi connectivity index (χ3n) is 2.57. The number of halogens is 1. The average Bonchev–Trinajstić information content (AvgIpc) is 2.38. The standard InChI is InChI=1S/C14H13FN2O2/c1-19-13-6-5-9(7-12(13)16)14(18)17-11-4-2-3-10(15)8-11/h2-8H,16H2,1H3,(H,17,18). The zero-order chi connectivity index (χ0) is 13.8. The van der Waals surface area contributed by atoms with Crippen LogP contribution in [0.5, 0.6) is 5.75 Å². The number of amides is 1. The van der Waals surface area contributed by atoms with Crippen LogP contribution in [0.2, 0.25) is 0 Å². The van der Waals surface area contributed by atoms with Crippen LogP contribution < -0.4 is 15.8 Å². The Morgan fingerprint density at radius 3 is 2.68 bits per heavy atom. The molecule has 0 aliphatic carbocycles. The Morgan fingerprint density at radius 1 is 1.26 bits per heavy atom. The molecule has 4 nitrogen and oxygen atoms in total. The van der Waals surface area contributed by atoms with Crippen molar-refractivity contribution in [2.24, 2.45) is 0 Å². The normalized spacial score (nSPS) is 10.0. The van der Waals surface area contributed by atoms with Gasteiger partial charge in [0.1, 0.15) is 11.6 Å². The fourth-order valence-corrected chi connectivity index (χ4v) is 1.65. The van der Waals surface area contributed by atoms with E-state index in [9.17, 15) is 9.18 Å². The number of nitrogen functional groups attached to an aromatic ring is 1. The van der Waals surface area contributed by atoms with Gasteiger partial charge in [0, 0.05) is 11.3 Å². The predicted molar refractivity (Wildman–Crippen MR) is 71.8 cm³/mol. The molecule has 0 aromatic heterocycles. The Hall–Kier alpha value is -2.56. The summed E-state index contributed by atoms with van der Waals surface area (Å²) in [5.41, 5.74) is 6.86. The van der Waals surface area contributed by atoms with Gasteiger partial charge in [0.15, 0.2) is 0 Å². The Labute approximate surface area is 110 Å². The number of anilines is 2. The van der Waals surface area contributed by atoms with Gasteiger partial charge in [-0.05, 0) is 36.4 Å². The first-order valence-electron chi connectivity index (χ1n) is 5.60. The maximum atomic E-state index is 13.0. The van der Waals surface area contributed by atoms with E-state index in [1.165, 1.54) is 31.4 Å². The first kappa shape index (κ1) is 12.9. The summed E-state index contributed by atoms with van der Waals surface area (Å²) in [4.78, 5) is 11.9. The van der Waals surface area contributed by atoms with E-state index in [2.05, 4.69) is 5.32 Å². The fraction of sp³-hybridized carbons (Fsp3) is 0.0714. The highest BCUT2D eigenvalue weighted by atomic mass is 19.1. The van der Waals surface area contributed by atoms with E-state index in [1.807, 2.05) is 0 Å². The molecule has 98 valence electrons. The molecule has 2 aromatic rings. The van der Waals surface area contributed by atoms with Crippen LogP contribution in [0.25, 0.3) is 0 Å². The number of benzene rings is 2. The molecule has 0 unspecified atom stereocenters. The molecule has 0 heterocycles. The maximum Gasteiger partial charge on any atom is 0.255 e. The van der Waals surface area contributed by atoms with Crippen molar-refractivity contribution in [1.29, 1.82) is 0 Å². The summed E-state index contributed by atoms with van der Waals surface area (Å²) < 4.78 is 18.0. The van der Waals surface area contributed by atoms with Gasteiger partial charge in [-0.2, -0.15) is 0 Å². The minimum atomic E-state index is -0.410. The third-order valence-corrected chi connectivity index (χ3v) is 2.57. The summed E-state index contributed by atoms with van der Waals surface area (Å²) in [6.45, 7) is 0. The zero-order valence-corrected chi connectivity index (χ0v) is 10.3. The van der Waals surface area contributed by atoms with Crippen LogP contribution in [0, 0.1) is 5.82 Å². The molecule has 3 N–H and O–H groups in total. The number of hydrogen-bond donors (Lipinski definition) is 2. The molecule has 0 spiro atoms. The molecule has 0 atom stereocenters. The lowest BCUT2D eigenvalue weighted by Crippen LogP contribution is -2.12. The van der Waals surface area contributed by atoms with Crippen molar-refractivity contribution >= 4 is 17.3 Å². The highest BCUT2D eigenvalue weighted by Crippen LogP contribution is 2.22. The Morgan fingerprint density at radius 2 is 2.05 bits per heavy atom. The van der Waals surface area contributed by atoms with E-state index in [4.69, 9.17) is 10.5 Å². The monoisotopic (exact) mass is 260 g/mol. The van der Waals surface area contributed by atoms with E-state index in [0.717, 1.165) is 0 Å². The second-order valence-corrected chi connectivity index (χ2v) is 3.92. The molecule has 0 aliphatic rings. The van der Waals surface area contributed by atoms with E-state index < -0.39 is 5.82 Å². The Balaban J connectivity index is 2.18. The maximum absolute atomic E-state index is 13.0. The van der Waals surface area contributed by atoms with Crippen LogP contribution >= 0.6 is 0 Å². The van der Waals surface area contributed by atoms with E-state index in [1.54, 1.807) is 18.2 Å². The van der Waals surface area contributed by atoms with Crippen molar-refractivity contribution in [2.45, 2.75) is 0 Å². The summed E-state index contributed by atoms with van der Waals surface area (Å²) in [6, 6.07) is 10.4. The fourth-order valence-electron chi connectivity index (χ4n) is 1.65. The number of nitrogens with one attached hydrogen (secondary N) is 1. The molecule has 2 aromatic carbocycles. The van der Waals surface area contributed by atoms with Crippen molar-refractivity contribution in [1.82, 2.24) is 0 Å². The lowest BCUT2D eigenvalue weighted by Gasteiger charge is -2.08. The van der Waals surface area contributed by atoms with Gasteiger partial charge in [-0.25, -0.2) is 4.39 Å². The van der Waals surface area contributed by atoms with Gasteiger partial charge in [-0.15, -0.1) is 0 Å². The summed E-state index contributed by atoms with van der Waals surface area (Å²) in [7, 11) is 1.50. The molecular weight excluding hydrogens is 247 g/mol. The second-order valence-electron chi connectivity index (χ2n) is 3.92. The SMILES string of the molecule is COc1ccc(C(=O)Nc2cccc(F)c2)cc1N. The Bertz CT molecular complexity index is 614. The highest BCUT2D eigenvalue weighted by molar-refractivity contribution is 6.05. The lowest BCUT2D eigenvalue weighted by atomic mass is 10.1. The average molecular weight is 260 g/mol. The molecule has 0 bridgehead atoms. The Kier molecular flexibility index (Phi) is 3.66. The lowest BCUT2D eigenvalue weighted by molar-refractivity contribution is 0.102. The molecule has 19 heavy (non-hydrogen) atoms. The molecule has 0 saturated carbocycles. The predicted octanol–water partition coefficient (Wildman–Crippen LogP) is 2.67. The van der Waals surface area contributed by atoms with Crippen molar-refractivity contribution in [3.05, 3.63) is 53.8 Å². The van der Waals surface area contributed by atoms with Crippen molar-refractivity contribution in [3.63, 3.8) is 0 Å². The molecule has 0 radical (unpaired) electrons. The number of carbonyl (C=O) groups is 1. The molecule has 0 saturated heterocycles. The number of nitrogens with two attached hydrogens (primary N) is 1. The number of carbonyl (C=O) groups excluding carboxylic acids is 1. The van der Waals surface area contributed by atoms with Crippen molar-refractivity contribution in [2.75, 3.05) is 18.2 Å². The largest absolute Gasteiger partial charge is 0.495 e. The number of rotatable bonds is 3. The first-order chi connectivity index (χ1) is 9.10. The second kappa shape index (κ2) is 5.39. The molecule has 0 fully saturated rings. The van der Waals surface area contributed by atoms with Crippen LogP contribution in [-0.2, 0) is 0 Å². The first-order valence-corrected chi connectivity index (χ1v) is 5.60. The molecule has 1 amide bonds. The number of methoxy groups -OCH3 is 1. The topological polar surface area (TPSA) is 64.3 Å². The minimum Gasteiger partial charge on any atom is -0.495 e. The molecule has 2 rings (SSSR count). The van der Waals surface area contributed by atoms with Crippen molar-refractivity contribution in [3.8, 4) is 5.75 Å². The quantitative estimate of drug-likeness (QED) is 0.834. The summed E-state index contributed by atoms with van der Waals surface area (Å²) in [5, 5.41) is 2.59. The van der Waals surface area contributed by atoms with Crippen LogP contribution in [0.1, 0.15) is 10.4 Å². The smallest absolute Gasteiger partial charge is 0.255 e. The number of ether oxygens (including phenoxy) is 1. The van der Waals surface area contributed by atoms with Gasteiger partial charge in [-0.1, -0.05) is 6.07 Å². The summed E-state index contributed by atoms with van der Waals surface area (Å²) in [5.74, 6) is -0.269.